The topological polar surface area (TPSA) is 55.7 Å². The molecular formula is C16H27N5O. The number of aromatic nitrogens is 2. The number of piperazine rings is 1. The fourth-order valence-electron chi connectivity index (χ4n) is 3.17. The van der Waals surface area contributed by atoms with Crippen LogP contribution in [0.3, 0.4) is 0 Å². The van der Waals surface area contributed by atoms with Gasteiger partial charge in [-0.15, -0.1) is 0 Å². The number of anilines is 2. The number of rotatable bonds is 4. The molecule has 0 bridgehead atoms. The highest BCUT2D eigenvalue weighted by atomic mass is 16.3. The second-order valence-corrected chi connectivity index (χ2v) is 6.90. The summed E-state index contributed by atoms with van der Waals surface area (Å²) in [5.74, 6) is 1.78. The van der Waals surface area contributed by atoms with Crippen molar-refractivity contribution in [1.29, 1.82) is 0 Å². The van der Waals surface area contributed by atoms with Crippen LogP contribution in [0, 0.1) is 6.92 Å². The van der Waals surface area contributed by atoms with Crippen LogP contribution in [0.2, 0.25) is 0 Å². The van der Waals surface area contributed by atoms with Gasteiger partial charge in [0.2, 0.25) is 5.95 Å². The highest BCUT2D eigenvalue weighted by Crippen LogP contribution is 2.32. The predicted molar refractivity (Wildman–Crippen MR) is 88.5 cm³/mol. The molecule has 2 fully saturated rings. The number of aryl methyl sites for hydroxylation is 1. The fraction of sp³-hybridized carbons (Fsp3) is 0.750. The van der Waals surface area contributed by atoms with Crippen molar-refractivity contribution in [3.05, 3.63) is 11.8 Å². The van der Waals surface area contributed by atoms with Crippen LogP contribution in [0.15, 0.2) is 6.07 Å². The molecule has 3 rings (SSSR count). The Kier molecular flexibility index (Phi) is 4.23. The Morgan fingerprint density at radius 2 is 1.86 bits per heavy atom. The maximum absolute atomic E-state index is 10.3. The Morgan fingerprint density at radius 3 is 2.41 bits per heavy atom. The lowest BCUT2D eigenvalue weighted by Gasteiger charge is -2.43. The van der Waals surface area contributed by atoms with E-state index in [1.807, 2.05) is 32.0 Å². The van der Waals surface area contributed by atoms with E-state index in [1.54, 1.807) is 0 Å². The number of aliphatic hydroxyl groups is 1. The molecule has 0 amide bonds. The molecule has 0 aromatic carbocycles. The molecule has 0 atom stereocenters. The zero-order chi connectivity index (χ0) is 15.7. The molecule has 0 unspecified atom stereocenters. The molecule has 6 heteroatoms. The summed E-state index contributed by atoms with van der Waals surface area (Å²) in [7, 11) is 4.01. The van der Waals surface area contributed by atoms with Gasteiger partial charge in [-0.05, 0) is 26.2 Å². The van der Waals surface area contributed by atoms with Crippen molar-refractivity contribution in [2.24, 2.45) is 0 Å². The number of β-amino-alcohol motifs (C(OH)–C–C–N with tert-alkyl or cyclic N) is 1. The van der Waals surface area contributed by atoms with E-state index < -0.39 is 5.60 Å². The quantitative estimate of drug-likeness (QED) is 0.891. The summed E-state index contributed by atoms with van der Waals surface area (Å²) in [4.78, 5) is 15.9. The molecule has 22 heavy (non-hydrogen) atoms. The van der Waals surface area contributed by atoms with Crippen molar-refractivity contribution in [3.8, 4) is 0 Å². The van der Waals surface area contributed by atoms with Gasteiger partial charge in [0.15, 0.2) is 0 Å². The normalized spacial score (nSPS) is 21.5. The molecule has 1 saturated carbocycles. The third-order valence-corrected chi connectivity index (χ3v) is 4.74. The van der Waals surface area contributed by atoms with E-state index in [0.717, 1.165) is 63.0 Å². The predicted octanol–water partition coefficient (Wildman–Crippen LogP) is 0.888. The second kappa shape index (κ2) is 6.01. The molecule has 6 nitrogen and oxygen atoms in total. The van der Waals surface area contributed by atoms with Crippen LogP contribution in [-0.2, 0) is 0 Å². The highest BCUT2D eigenvalue weighted by molar-refractivity contribution is 5.45. The first-order chi connectivity index (χ1) is 10.5. The molecular weight excluding hydrogens is 278 g/mol. The standard InChI is InChI=1S/C16H27N5O/c1-13-11-14(19(2)3)18-15(17-13)21-9-7-20(8-10-21)12-16(22)5-4-6-16/h11,22H,4-10,12H2,1-3H3. The number of hydrogen-bond donors (Lipinski definition) is 1. The lowest BCUT2D eigenvalue weighted by molar-refractivity contribution is -0.0594. The zero-order valence-electron chi connectivity index (χ0n) is 13.9. The van der Waals surface area contributed by atoms with Crippen molar-refractivity contribution >= 4 is 11.8 Å². The molecule has 0 radical (unpaired) electrons. The summed E-state index contributed by atoms with van der Waals surface area (Å²) < 4.78 is 0. The van der Waals surface area contributed by atoms with Crippen LogP contribution in [0.25, 0.3) is 0 Å². The smallest absolute Gasteiger partial charge is 0.227 e. The van der Waals surface area contributed by atoms with Crippen LogP contribution < -0.4 is 9.80 Å². The molecule has 1 aromatic rings. The van der Waals surface area contributed by atoms with Crippen molar-refractivity contribution in [3.63, 3.8) is 0 Å². The third kappa shape index (κ3) is 3.33. The first-order valence-corrected chi connectivity index (χ1v) is 8.18. The van der Waals surface area contributed by atoms with Gasteiger partial charge in [-0.3, -0.25) is 4.90 Å². The maximum Gasteiger partial charge on any atom is 0.227 e. The molecule has 0 spiro atoms. The molecule has 122 valence electrons. The second-order valence-electron chi connectivity index (χ2n) is 6.90. The van der Waals surface area contributed by atoms with Gasteiger partial charge in [0.05, 0.1) is 5.60 Å². The first-order valence-electron chi connectivity index (χ1n) is 8.18. The molecule has 2 heterocycles. The molecule has 1 aliphatic carbocycles. The monoisotopic (exact) mass is 305 g/mol. The van der Waals surface area contributed by atoms with E-state index in [1.165, 1.54) is 6.42 Å². The molecule has 2 aliphatic rings. The van der Waals surface area contributed by atoms with Gasteiger partial charge in [-0.25, -0.2) is 4.98 Å². The lowest BCUT2D eigenvalue weighted by atomic mass is 9.80. The van der Waals surface area contributed by atoms with Crippen LogP contribution >= 0.6 is 0 Å². The van der Waals surface area contributed by atoms with Gasteiger partial charge < -0.3 is 14.9 Å². The van der Waals surface area contributed by atoms with Gasteiger partial charge in [-0.1, -0.05) is 0 Å². The molecule has 1 saturated heterocycles. The zero-order valence-corrected chi connectivity index (χ0v) is 13.9. The molecule has 1 N–H and O–H groups in total. The van der Waals surface area contributed by atoms with Gasteiger partial charge in [0.25, 0.3) is 0 Å². The average Bonchev–Trinajstić information content (AvgIpc) is 2.45. The van der Waals surface area contributed by atoms with E-state index in [4.69, 9.17) is 0 Å². The Labute approximate surface area is 132 Å². The van der Waals surface area contributed by atoms with Crippen molar-refractivity contribution in [1.82, 2.24) is 14.9 Å². The fourth-order valence-corrected chi connectivity index (χ4v) is 3.17. The summed E-state index contributed by atoms with van der Waals surface area (Å²) in [6.45, 7) is 6.62. The summed E-state index contributed by atoms with van der Waals surface area (Å²) in [6, 6.07) is 2.01. The van der Waals surface area contributed by atoms with Crippen molar-refractivity contribution < 1.29 is 5.11 Å². The van der Waals surface area contributed by atoms with E-state index in [9.17, 15) is 5.11 Å². The average molecular weight is 305 g/mol. The van der Waals surface area contributed by atoms with Crippen LogP contribution in [-0.4, -0.2) is 72.4 Å². The summed E-state index contributed by atoms with van der Waals surface area (Å²) in [6.07, 6.45) is 3.09. The van der Waals surface area contributed by atoms with Crippen molar-refractivity contribution in [2.45, 2.75) is 31.8 Å². The van der Waals surface area contributed by atoms with Crippen LogP contribution in [0.1, 0.15) is 25.0 Å². The minimum absolute atomic E-state index is 0.417. The Bertz CT molecular complexity index is 521. The Balaban J connectivity index is 1.61. The largest absolute Gasteiger partial charge is 0.389 e. The summed E-state index contributed by atoms with van der Waals surface area (Å²) in [5.41, 5.74) is 0.583. The molecule has 1 aliphatic heterocycles. The van der Waals surface area contributed by atoms with Gasteiger partial charge in [0.1, 0.15) is 5.82 Å². The van der Waals surface area contributed by atoms with Gasteiger partial charge in [0, 0.05) is 58.6 Å². The molecule has 1 aromatic heterocycles. The van der Waals surface area contributed by atoms with Crippen LogP contribution in [0.4, 0.5) is 11.8 Å². The number of nitrogens with zero attached hydrogens (tertiary/aromatic N) is 5. The minimum atomic E-state index is -0.417. The minimum Gasteiger partial charge on any atom is -0.389 e. The Morgan fingerprint density at radius 1 is 1.18 bits per heavy atom. The van der Waals surface area contributed by atoms with Gasteiger partial charge >= 0.3 is 0 Å². The van der Waals surface area contributed by atoms with E-state index in [2.05, 4.69) is 19.8 Å². The lowest BCUT2D eigenvalue weighted by Crippen LogP contribution is -2.54. The Hall–Kier alpha value is -1.40. The maximum atomic E-state index is 10.3. The first kappa shape index (κ1) is 15.5. The van der Waals surface area contributed by atoms with E-state index in [0.29, 0.717) is 0 Å². The van der Waals surface area contributed by atoms with Gasteiger partial charge in [-0.2, -0.15) is 4.98 Å². The SMILES string of the molecule is Cc1cc(N(C)C)nc(N2CCN(CC3(O)CCC3)CC2)n1. The van der Waals surface area contributed by atoms with Crippen LogP contribution in [0.5, 0.6) is 0 Å². The van der Waals surface area contributed by atoms with E-state index >= 15 is 0 Å². The van der Waals surface area contributed by atoms with E-state index in [-0.39, 0.29) is 0 Å². The number of hydrogen-bond acceptors (Lipinski definition) is 6. The highest BCUT2D eigenvalue weighted by Gasteiger charge is 2.36. The summed E-state index contributed by atoms with van der Waals surface area (Å²) >= 11 is 0. The summed E-state index contributed by atoms with van der Waals surface area (Å²) in [5, 5.41) is 10.3. The third-order valence-electron chi connectivity index (χ3n) is 4.74. The van der Waals surface area contributed by atoms with Crippen molar-refractivity contribution in [2.75, 3.05) is 56.6 Å².